The molecule has 0 spiro atoms. The molecule has 4 aromatic carbocycles. The largest absolute Gasteiger partial charge is 0.501 e. The number of benzene rings is 4. The van der Waals surface area contributed by atoms with Gasteiger partial charge in [0.1, 0.15) is 4.90 Å². The molecule has 4 aromatic rings. The number of nitrogens with one attached hydrogen (secondary N) is 2. The maximum absolute atomic E-state index is 14.3. The lowest BCUT2D eigenvalue weighted by Gasteiger charge is -2.37. The first-order valence-electron chi connectivity index (χ1n) is 23.0. The van der Waals surface area contributed by atoms with Crippen molar-refractivity contribution in [2.45, 2.75) is 83.6 Å². The van der Waals surface area contributed by atoms with Gasteiger partial charge in [-0.2, -0.15) is 13.2 Å². The maximum Gasteiger partial charge on any atom is 0.501 e. The third-order valence-corrected chi connectivity index (χ3v) is 17.3. The number of halogens is 4. The topological polar surface area (TPSA) is 128 Å². The Labute approximate surface area is 401 Å². The predicted octanol–water partition coefficient (Wildman–Crippen LogP) is 9.37. The highest BCUT2D eigenvalue weighted by molar-refractivity contribution is 7.99. The Kier molecular flexibility index (Phi) is 16.0. The van der Waals surface area contributed by atoms with Gasteiger partial charge in [-0.05, 0) is 135 Å². The first-order valence-corrected chi connectivity index (χ1v) is 27.3. The van der Waals surface area contributed by atoms with Crippen molar-refractivity contribution in [1.82, 2.24) is 14.5 Å². The summed E-state index contributed by atoms with van der Waals surface area (Å²) in [6.07, 6.45) is 8.01. The summed E-state index contributed by atoms with van der Waals surface area (Å²) in [5.74, 6) is -0.240. The zero-order valence-corrected chi connectivity index (χ0v) is 40.4. The fraction of sp³-hybridized carbons (Fsp3) is 0.449. The fourth-order valence-electron chi connectivity index (χ4n) is 9.15. The van der Waals surface area contributed by atoms with Crippen molar-refractivity contribution in [1.29, 1.82) is 0 Å². The van der Waals surface area contributed by atoms with Crippen LogP contribution in [0.4, 0.5) is 24.5 Å². The molecule has 0 bridgehead atoms. The highest BCUT2D eigenvalue weighted by atomic mass is 35.5. The smallest absolute Gasteiger partial charge is 0.381 e. The van der Waals surface area contributed by atoms with E-state index in [0.29, 0.717) is 50.0 Å². The van der Waals surface area contributed by atoms with Crippen LogP contribution in [0, 0.1) is 5.92 Å². The highest BCUT2D eigenvalue weighted by Crippen LogP contribution is 2.38. The van der Waals surface area contributed by atoms with Crippen molar-refractivity contribution in [3.05, 3.63) is 119 Å². The Balaban J connectivity index is 0.935. The monoisotopic (exact) mass is 999 g/mol. The van der Waals surface area contributed by atoms with Gasteiger partial charge >= 0.3 is 5.51 Å². The number of hydrogen-bond donors (Lipinski definition) is 2. The SMILES string of the molecule is O=C(NS(=O)(=O)c1ccc(N[C@H](CCN(CC2CCOC2)C2CC2)CSc2ccccc2)c(S(=O)(=O)C(F)(F)F)c1)c1ccc(N2CCN(CC3=C(c4ccc(Cl)cc4)CCCC3)CC2)cc1. The molecule has 4 aliphatic rings. The third-order valence-electron chi connectivity index (χ3n) is 13.0. The van der Waals surface area contributed by atoms with Gasteiger partial charge in [-0.25, -0.2) is 21.6 Å². The summed E-state index contributed by atoms with van der Waals surface area (Å²) >= 11 is 7.63. The van der Waals surface area contributed by atoms with Crippen LogP contribution >= 0.6 is 23.4 Å². The average Bonchev–Trinajstić information content (AvgIpc) is 4.04. The number of sulfone groups is 1. The van der Waals surface area contributed by atoms with Gasteiger partial charge in [-0.15, -0.1) is 11.8 Å². The fourth-order valence-corrected chi connectivity index (χ4v) is 12.3. The second-order valence-corrected chi connectivity index (χ2v) is 23.0. The van der Waals surface area contributed by atoms with Gasteiger partial charge in [0.25, 0.3) is 25.8 Å². The van der Waals surface area contributed by atoms with E-state index in [1.807, 2.05) is 47.2 Å². The van der Waals surface area contributed by atoms with Crippen molar-refractivity contribution in [2.24, 2.45) is 5.92 Å². The molecule has 1 unspecified atom stereocenters. The van der Waals surface area contributed by atoms with E-state index in [2.05, 4.69) is 32.1 Å². The van der Waals surface area contributed by atoms with E-state index in [1.165, 1.54) is 53.4 Å². The molecule has 2 atom stereocenters. The number of thioether (sulfide) groups is 1. The van der Waals surface area contributed by atoms with Crippen LogP contribution in [-0.2, 0) is 24.6 Å². The lowest BCUT2D eigenvalue weighted by Crippen LogP contribution is -2.47. The van der Waals surface area contributed by atoms with Crippen LogP contribution in [0.25, 0.3) is 5.57 Å². The molecule has 2 aliphatic heterocycles. The van der Waals surface area contributed by atoms with E-state index in [9.17, 15) is 34.8 Å². The minimum Gasteiger partial charge on any atom is -0.381 e. The molecule has 360 valence electrons. The number of allylic oxidation sites excluding steroid dienone is 1. The second-order valence-electron chi connectivity index (χ2n) is 17.9. The molecule has 18 heteroatoms. The lowest BCUT2D eigenvalue weighted by molar-refractivity contribution is -0.0435. The second kappa shape index (κ2) is 21.7. The summed E-state index contributed by atoms with van der Waals surface area (Å²) in [7, 11) is -10.9. The summed E-state index contributed by atoms with van der Waals surface area (Å²) in [5.41, 5.74) is -1.16. The van der Waals surface area contributed by atoms with E-state index in [4.69, 9.17) is 16.3 Å². The molecule has 67 heavy (non-hydrogen) atoms. The van der Waals surface area contributed by atoms with Crippen molar-refractivity contribution in [2.75, 3.05) is 75.0 Å². The van der Waals surface area contributed by atoms with Gasteiger partial charge < -0.3 is 15.0 Å². The molecular formula is C49H57ClF3N5O6S3. The zero-order valence-electron chi connectivity index (χ0n) is 37.2. The molecule has 11 nitrogen and oxygen atoms in total. The van der Waals surface area contributed by atoms with Crippen LogP contribution in [0.5, 0.6) is 0 Å². The molecule has 2 heterocycles. The van der Waals surface area contributed by atoms with Crippen molar-refractivity contribution in [3.63, 3.8) is 0 Å². The minimum atomic E-state index is -6.06. The lowest BCUT2D eigenvalue weighted by atomic mass is 9.87. The Hall–Kier alpha value is -4.10. The standard InChI is InChI=1S/C49H57ClF3N5O6S3/c50-39-14-10-36(11-15-39)45-9-5-4-6-38(45)32-56-25-27-57(28-26-56)41-16-12-37(13-17-41)48(59)55-67(62,63)44-20-21-46(47(30-44)66(60,61)49(51,52)53)54-40(34-65-43-7-2-1-3-8-43)22-24-58(42-18-19-42)31-35-23-29-64-33-35/h1-3,7-8,10-17,20-21,30,35,40,42,54H,4-6,9,18-19,22-29,31-34H2,(H,55,59)/t35?,40-/m1/s1. The number of carbonyl (C=O) groups is 1. The number of alkyl halides is 3. The van der Waals surface area contributed by atoms with Crippen LogP contribution in [0.2, 0.25) is 5.02 Å². The number of anilines is 2. The van der Waals surface area contributed by atoms with Gasteiger partial charge in [0, 0.05) is 91.4 Å². The van der Waals surface area contributed by atoms with Gasteiger partial charge in [0.15, 0.2) is 0 Å². The summed E-state index contributed by atoms with van der Waals surface area (Å²) in [4.78, 5) is 19.3. The molecule has 2 N–H and O–H groups in total. The molecule has 2 saturated heterocycles. The van der Waals surface area contributed by atoms with Crippen molar-refractivity contribution in [3.8, 4) is 0 Å². The number of amides is 1. The van der Waals surface area contributed by atoms with E-state index < -0.39 is 47.1 Å². The minimum absolute atomic E-state index is 0.00538. The van der Waals surface area contributed by atoms with Gasteiger partial charge in [-0.1, -0.05) is 47.5 Å². The Morgan fingerprint density at radius 2 is 1.60 bits per heavy atom. The Morgan fingerprint density at radius 1 is 0.881 bits per heavy atom. The molecule has 1 saturated carbocycles. The predicted molar refractivity (Wildman–Crippen MR) is 259 cm³/mol. The molecule has 3 fully saturated rings. The number of rotatable bonds is 19. The molecule has 8 rings (SSSR count). The Morgan fingerprint density at radius 3 is 2.27 bits per heavy atom. The zero-order chi connectivity index (χ0) is 47.2. The molecular weight excluding hydrogens is 943 g/mol. The van der Waals surface area contributed by atoms with E-state index in [0.717, 1.165) is 99.1 Å². The van der Waals surface area contributed by atoms with Crippen molar-refractivity contribution < 1.29 is 39.5 Å². The highest BCUT2D eigenvalue weighted by Gasteiger charge is 2.48. The first-order chi connectivity index (χ1) is 32.1. The van der Waals surface area contributed by atoms with Crippen LogP contribution in [0.15, 0.2) is 117 Å². The summed E-state index contributed by atoms with van der Waals surface area (Å²) in [5, 5.41) is 3.79. The van der Waals surface area contributed by atoms with Crippen LogP contribution in [0.1, 0.15) is 67.3 Å². The molecule has 0 radical (unpaired) electrons. The van der Waals surface area contributed by atoms with Crippen LogP contribution in [0.3, 0.4) is 0 Å². The Bertz CT molecular complexity index is 2590. The molecule has 0 aromatic heterocycles. The van der Waals surface area contributed by atoms with Gasteiger partial charge in [-0.3, -0.25) is 14.6 Å². The number of hydrogen-bond acceptors (Lipinski definition) is 11. The number of ether oxygens (including phenoxy) is 1. The number of piperazine rings is 1. The quantitative estimate of drug-likeness (QED) is 0.0873. The number of carbonyl (C=O) groups excluding carboxylic acids is 1. The maximum atomic E-state index is 14.3. The number of nitrogens with zero attached hydrogens (tertiary/aromatic N) is 3. The van der Waals surface area contributed by atoms with Crippen LogP contribution in [-0.4, -0.2) is 115 Å². The summed E-state index contributed by atoms with van der Waals surface area (Å²) in [6, 6.07) is 26.4. The van der Waals surface area contributed by atoms with E-state index in [-0.39, 0.29) is 11.3 Å². The van der Waals surface area contributed by atoms with E-state index in [1.54, 1.807) is 12.1 Å². The third kappa shape index (κ3) is 12.8. The molecule has 1 amide bonds. The van der Waals surface area contributed by atoms with E-state index >= 15 is 0 Å². The number of sulfonamides is 1. The average molecular weight is 1000 g/mol. The van der Waals surface area contributed by atoms with Gasteiger partial charge in [0.2, 0.25) is 0 Å². The normalized spacial score (nSPS) is 19.2. The van der Waals surface area contributed by atoms with Crippen molar-refractivity contribution >= 4 is 66.1 Å². The van der Waals surface area contributed by atoms with Crippen LogP contribution < -0.4 is 14.9 Å². The summed E-state index contributed by atoms with van der Waals surface area (Å²) < 4.78 is 104. The first kappa shape index (κ1) is 49.3. The molecule has 2 aliphatic carbocycles. The summed E-state index contributed by atoms with van der Waals surface area (Å²) in [6.45, 7) is 6.92. The van der Waals surface area contributed by atoms with Gasteiger partial charge in [0.05, 0.1) is 17.2 Å².